The lowest BCUT2D eigenvalue weighted by molar-refractivity contribution is 0.282. The van der Waals surface area contributed by atoms with Crippen molar-refractivity contribution >= 4 is 37.7 Å². The van der Waals surface area contributed by atoms with Crippen LogP contribution in [0.5, 0.6) is 0 Å². The minimum atomic E-state index is 0.0825. The Hall–Kier alpha value is -1.32. The molecule has 1 N–H and O–H groups in total. The molecule has 18 heavy (non-hydrogen) atoms. The van der Waals surface area contributed by atoms with Gasteiger partial charge in [-0.25, -0.2) is 0 Å². The summed E-state index contributed by atoms with van der Waals surface area (Å²) < 4.78 is 3.41. The van der Waals surface area contributed by atoms with Crippen molar-refractivity contribution in [1.29, 1.82) is 0 Å². The van der Waals surface area contributed by atoms with Gasteiger partial charge in [0.1, 0.15) is 0 Å². The Kier molecular flexibility index (Phi) is 2.88. The second-order valence-electron chi connectivity index (χ2n) is 4.39. The molecule has 0 amide bonds. The number of aliphatic hydroxyl groups is 1. The summed E-state index contributed by atoms with van der Waals surface area (Å²) in [7, 11) is 0. The first-order valence-corrected chi connectivity index (χ1v) is 6.85. The standard InChI is InChI=1S/C15H14BrNO/c1-2-17-13-7-6-10(9-18)8-11(13)15-12(16)4-3-5-14(15)17/h3-8,18H,2,9H2,1H3. The topological polar surface area (TPSA) is 25.2 Å². The Morgan fingerprint density at radius 2 is 2.00 bits per heavy atom. The molecule has 0 aliphatic rings. The molecule has 3 rings (SSSR count). The minimum absolute atomic E-state index is 0.0825. The van der Waals surface area contributed by atoms with Crippen LogP contribution in [0.2, 0.25) is 0 Å². The zero-order valence-corrected chi connectivity index (χ0v) is 11.7. The Morgan fingerprint density at radius 3 is 2.72 bits per heavy atom. The quantitative estimate of drug-likeness (QED) is 0.758. The highest BCUT2D eigenvalue weighted by molar-refractivity contribution is 9.10. The molecule has 2 nitrogen and oxygen atoms in total. The van der Waals surface area contributed by atoms with Gasteiger partial charge in [0.25, 0.3) is 0 Å². The Morgan fingerprint density at radius 1 is 1.17 bits per heavy atom. The van der Waals surface area contributed by atoms with Crippen molar-refractivity contribution < 1.29 is 5.11 Å². The van der Waals surface area contributed by atoms with Crippen molar-refractivity contribution in [2.24, 2.45) is 0 Å². The van der Waals surface area contributed by atoms with E-state index in [-0.39, 0.29) is 6.61 Å². The first-order valence-electron chi connectivity index (χ1n) is 6.06. The van der Waals surface area contributed by atoms with E-state index in [2.05, 4.69) is 57.8 Å². The molecule has 0 bridgehead atoms. The average molecular weight is 304 g/mol. The molecule has 3 aromatic rings. The number of aromatic nitrogens is 1. The van der Waals surface area contributed by atoms with Crippen LogP contribution >= 0.6 is 15.9 Å². The zero-order valence-electron chi connectivity index (χ0n) is 10.2. The maximum absolute atomic E-state index is 9.28. The van der Waals surface area contributed by atoms with Crippen molar-refractivity contribution in [2.75, 3.05) is 0 Å². The van der Waals surface area contributed by atoms with Crippen LogP contribution in [0.1, 0.15) is 12.5 Å². The van der Waals surface area contributed by atoms with Gasteiger partial charge in [0.15, 0.2) is 0 Å². The van der Waals surface area contributed by atoms with E-state index < -0.39 is 0 Å². The normalized spacial score (nSPS) is 11.5. The molecule has 1 aromatic heterocycles. The molecule has 0 atom stereocenters. The summed E-state index contributed by atoms with van der Waals surface area (Å²) in [5, 5.41) is 11.7. The van der Waals surface area contributed by atoms with E-state index in [9.17, 15) is 5.11 Å². The van der Waals surface area contributed by atoms with Gasteiger partial charge in [-0.05, 0) is 36.8 Å². The molecule has 0 aliphatic carbocycles. The van der Waals surface area contributed by atoms with Gasteiger partial charge in [-0.3, -0.25) is 0 Å². The summed E-state index contributed by atoms with van der Waals surface area (Å²) >= 11 is 3.63. The average Bonchev–Trinajstić information content (AvgIpc) is 2.72. The van der Waals surface area contributed by atoms with Crippen molar-refractivity contribution in [3.63, 3.8) is 0 Å². The summed E-state index contributed by atoms with van der Waals surface area (Å²) in [6.45, 7) is 3.17. The Balaban J connectivity index is 2.54. The van der Waals surface area contributed by atoms with E-state index in [0.29, 0.717) is 0 Å². The molecule has 0 aliphatic heterocycles. The predicted molar refractivity (Wildman–Crippen MR) is 78.7 cm³/mol. The van der Waals surface area contributed by atoms with Crippen molar-refractivity contribution in [3.05, 3.63) is 46.4 Å². The third-order valence-corrected chi connectivity index (χ3v) is 4.06. The first-order chi connectivity index (χ1) is 8.76. The third kappa shape index (κ3) is 1.58. The maximum atomic E-state index is 9.28. The van der Waals surface area contributed by atoms with Gasteiger partial charge in [0, 0.05) is 27.3 Å². The van der Waals surface area contributed by atoms with Crippen LogP contribution in [0, 0.1) is 0 Å². The number of hydrogen-bond donors (Lipinski definition) is 1. The lowest BCUT2D eigenvalue weighted by Crippen LogP contribution is -1.92. The maximum Gasteiger partial charge on any atom is 0.0682 e. The molecule has 0 spiro atoms. The molecule has 0 saturated carbocycles. The van der Waals surface area contributed by atoms with E-state index in [0.717, 1.165) is 16.6 Å². The minimum Gasteiger partial charge on any atom is -0.392 e. The molecule has 1 heterocycles. The van der Waals surface area contributed by atoms with Crippen molar-refractivity contribution in [1.82, 2.24) is 4.57 Å². The second kappa shape index (κ2) is 4.41. The van der Waals surface area contributed by atoms with Gasteiger partial charge >= 0.3 is 0 Å². The number of aryl methyl sites for hydroxylation is 1. The molecular weight excluding hydrogens is 290 g/mol. The molecule has 2 aromatic carbocycles. The summed E-state index contributed by atoms with van der Waals surface area (Å²) in [4.78, 5) is 0. The number of fused-ring (bicyclic) bond motifs is 3. The monoisotopic (exact) mass is 303 g/mol. The van der Waals surface area contributed by atoms with E-state index in [1.807, 2.05) is 6.07 Å². The van der Waals surface area contributed by atoms with Gasteiger partial charge in [-0.15, -0.1) is 0 Å². The van der Waals surface area contributed by atoms with Gasteiger partial charge in [0.05, 0.1) is 12.1 Å². The second-order valence-corrected chi connectivity index (χ2v) is 5.24. The summed E-state index contributed by atoms with van der Waals surface area (Å²) in [5.74, 6) is 0. The molecular formula is C15H14BrNO. The number of hydrogen-bond acceptors (Lipinski definition) is 1. The number of benzene rings is 2. The molecule has 0 saturated heterocycles. The fourth-order valence-electron chi connectivity index (χ4n) is 2.59. The summed E-state index contributed by atoms with van der Waals surface area (Å²) in [6.07, 6.45) is 0. The highest BCUT2D eigenvalue weighted by atomic mass is 79.9. The lowest BCUT2D eigenvalue weighted by atomic mass is 10.1. The zero-order chi connectivity index (χ0) is 12.7. The van der Waals surface area contributed by atoms with Crippen LogP contribution in [0.3, 0.4) is 0 Å². The van der Waals surface area contributed by atoms with Crippen molar-refractivity contribution in [2.45, 2.75) is 20.1 Å². The van der Waals surface area contributed by atoms with Gasteiger partial charge in [-0.2, -0.15) is 0 Å². The van der Waals surface area contributed by atoms with E-state index >= 15 is 0 Å². The van der Waals surface area contributed by atoms with Crippen molar-refractivity contribution in [3.8, 4) is 0 Å². The molecule has 92 valence electrons. The van der Waals surface area contributed by atoms with E-state index in [1.54, 1.807) is 0 Å². The van der Waals surface area contributed by atoms with Crippen LogP contribution < -0.4 is 0 Å². The molecule has 0 radical (unpaired) electrons. The number of nitrogens with zero attached hydrogens (tertiary/aromatic N) is 1. The molecule has 0 unspecified atom stereocenters. The first kappa shape index (κ1) is 11.8. The molecule has 3 heteroatoms. The lowest BCUT2D eigenvalue weighted by Gasteiger charge is -2.03. The number of halogens is 1. The molecule has 0 fully saturated rings. The fraction of sp³-hybridized carbons (Fsp3) is 0.200. The number of aliphatic hydroxyl groups excluding tert-OH is 1. The van der Waals surface area contributed by atoms with Gasteiger partial charge < -0.3 is 9.67 Å². The SMILES string of the molecule is CCn1c2ccc(CO)cc2c2c(Br)cccc21. The van der Waals surface area contributed by atoms with Gasteiger partial charge in [-0.1, -0.05) is 28.1 Å². The summed E-state index contributed by atoms with van der Waals surface area (Å²) in [5.41, 5.74) is 3.40. The fourth-order valence-corrected chi connectivity index (χ4v) is 3.16. The van der Waals surface area contributed by atoms with Crippen LogP contribution in [0.25, 0.3) is 21.8 Å². The van der Waals surface area contributed by atoms with E-state index in [1.165, 1.54) is 21.8 Å². The predicted octanol–water partition coefficient (Wildman–Crippen LogP) is 4.07. The Labute approximate surface area is 114 Å². The number of rotatable bonds is 2. The largest absolute Gasteiger partial charge is 0.392 e. The third-order valence-electron chi connectivity index (χ3n) is 3.40. The highest BCUT2D eigenvalue weighted by Gasteiger charge is 2.11. The highest BCUT2D eigenvalue weighted by Crippen LogP contribution is 2.34. The van der Waals surface area contributed by atoms with E-state index in [4.69, 9.17) is 0 Å². The van der Waals surface area contributed by atoms with Crippen LogP contribution in [0.4, 0.5) is 0 Å². The van der Waals surface area contributed by atoms with Gasteiger partial charge in [0.2, 0.25) is 0 Å². The smallest absolute Gasteiger partial charge is 0.0682 e. The van der Waals surface area contributed by atoms with Crippen LogP contribution in [-0.4, -0.2) is 9.67 Å². The summed E-state index contributed by atoms with van der Waals surface area (Å²) in [6, 6.07) is 12.4. The van der Waals surface area contributed by atoms with Crippen LogP contribution in [0.15, 0.2) is 40.9 Å². The Bertz CT molecular complexity index is 730. The van der Waals surface area contributed by atoms with Crippen LogP contribution in [-0.2, 0) is 13.2 Å².